The molecule has 0 aliphatic heterocycles. The lowest BCUT2D eigenvalue weighted by molar-refractivity contribution is 0.412. The van der Waals surface area contributed by atoms with Crippen molar-refractivity contribution in [3.63, 3.8) is 0 Å². The van der Waals surface area contributed by atoms with Gasteiger partial charge in [0.2, 0.25) is 20.0 Å². The van der Waals surface area contributed by atoms with Crippen LogP contribution in [-0.2, 0) is 39.6 Å². The molecule has 37 heavy (non-hydrogen) atoms. The Morgan fingerprint density at radius 3 is 1.68 bits per heavy atom. The average Bonchev–Trinajstić information content (AvgIpc) is 3.44. The van der Waals surface area contributed by atoms with Gasteiger partial charge in [0.15, 0.2) is 0 Å². The molecule has 3 aromatic carbocycles. The first kappa shape index (κ1) is 27.2. The minimum atomic E-state index is -3.85. The molecule has 0 fully saturated rings. The van der Waals surface area contributed by atoms with E-state index in [4.69, 9.17) is 0 Å². The summed E-state index contributed by atoms with van der Waals surface area (Å²) in [5.74, 6) is 0. The second-order valence-corrected chi connectivity index (χ2v) is 13.4. The summed E-state index contributed by atoms with van der Waals surface area (Å²) in [5, 5.41) is 1.92. The third kappa shape index (κ3) is 6.74. The Labute approximate surface area is 223 Å². The van der Waals surface area contributed by atoms with Gasteiger partial charge in [-0.15, -0.1) is 11.3 Å². The van der Waals surface area contributed by atoms with Gasteiger partial charge < -0.3 is 0 Å². The van der Waals surface area contributed by atoms with Crippen LogP contribution < -0.4 is 0 Å². The third-order valence-electron chi connectivity index (χ3n) is 6.06. The molecule has 0 aliphatic carbocycles. The van der Waals surface area contributed by atoms with Crippen LogP contribution in [0, 0.1) is 0 Å². The second kappa shape index (κ2) is 12.1. The van der Waals surface area contributed by atoms with Gasteiger partial charge in [0.25, 0.3) is 0 Å². The zero-order valence-electron chi connectivity index (χ0n) is 20.6. The minimum absolute atomic E-state index is 0.0679. The van der Waals surface area contributed by atoms with Crippen LogP contribution in [0.3, 0.4) is 0 Å². The van der Waals surface area contributed by atoms with Crippen molar-refractivity contribution < 1.29 is 16.8 Å². The molecular weight excluding hydrogens is 525 g/mol. The van der Waals surface area contributed by atoms with Gasteiger partial charge >= 0.3 is 0 Å². The maximum absolute atomic E-state index is 13.6. The predicted molar refractivity (Wildman–Crippen MR) is 148 cm³/mol. The molecule has 0 aliphatic rings. The minimum Gasteiger partial charge on any atom is -0.207 e. The molecule has 4 aromatic rings. The van der Waals surface area contributed by atoms with Crippen molar-refractivity contribution in [3.05, 3.63) is 118 Å². The lowest BCUT2D eigenvalue weighted by Crippen LogP contribution is -2.32. The van der Waals surface area contributed by atoms with E-state index in [2.05, 4.69) is 0 Å². The highest BCUT2D eigenvalue weighted by molar-refractivity contribution is 7.89. The fourth-order valence-corrected chi connectivity index (χ4v) is 7.65. The molecule has 1 aromatic heterocycles. The monoisotopic (exact) mass is 554 g/mol. The Balaban J connectivity index is 1.57. The highest BCUT2D eigenvalue weighted by Crippen LogP contribution is 2.24. The zero-order valence-corrected chi connectivity index (χ0v) is 23.1. The van der Waals surface area contributed by atoms with E-state index in [9.17, 15) is 16.8 Å². The van der Waals surface area contributed by atoms with Crippen molar-refractivity contribution in [1.82, 2.24) is 8.61 Å². The Kier molecular flexibility index (Phi) is 8.94. The maximum atomic E-state index is 13.6. The van der Waals surface area contributed by atoms with Gasteiger partial charge in [0.1, 0.15) is 0 Å². The molecule has 194 valence electrons. The zero-order chi connectivity index (χ0) is 26.3. The van der Waals surface area contributed by atoms with E-state index < -0.39 is 20.0 Å². The number of benzene rings is 3. The molecular formula is C28H30N2O4S3. The van der Waals surface area contributed by atoms with E-state index in [-0.39, 0.29) is 22.9 Å². The SMILES string of the molecule is CCN(Cc1ccccc1)S(=O)(=O)c1ccc(S(=O)(=O)N(CCc2ccccc2)Cc2cccs2)cc1. The molecule has 0 bridgehead atoms. The number of hydrogen-bond donors (Lipinski definition) is 0. The predicted octanol–water partition coefficient (Wildman–Crippen LogP) is 5.39. The molecule has 1 heterocycles. The summed E-state index contributed by atoms with van der Waals surface area (Å²) in [6.07, 6.45) is 0.572. The van der Waals surface area contributed by atoms with Crippen molar-refractivity contribution in [3.8, 4) is 0 Å². The van der Waals surface area contributed by atoms with Crippen LogP contribution >= 0.6 is 11.3 Å². The number of rotatable bonds is 12. The van der Waals surface area contributed by atoms with Gasteiger partial charge in [-0.05, 0) is 53.3 Å². The molecule has 4 rings (SSSR count). The van der Waals surface area contributed by atoms with Crippen LogP contribution in [-0.4, -0.2) is 38.5 Å². The smallest absolute Gasteiger partial charge is 0.207 e. The summed E-state index contributed by atoms with van der Waals surface area (Å²) in [5.41, 5.74) is 1.93. The number of thiophene rings is 1. The van der Waals surface area contributed by atoms with Crippen molar-refractivity contribution in [2.75, 3.05) is 13.1 Å². The molecule has 0 radical (unpaired) electrons. The number of hydrogen-bond acceptors (Lipinski definition) is 5. The second-order valence-electron chi connectivity index (χ2n) is 8.54. The van der Waals surface area contributed by atoms with Crippen LogP contribution in [0.4, 0.5) is 0 Å². The molecule has 9 heteroatoms. The van der Waals surface area contributed by atoms with E-state index in [1.54, 1.807) is 6.92 Å². The number of sulfonamides is 2. The van der Waals surface area contributed by atoms with Crippen molar-refractivity contribution >= 4 is 31.4 Å². The van der Waals surface area contributed by atoms with Crippen LogP contribution in [0.25, 0.3) is 0 Å². The highest BCUT2D eigenvalue weighted by atomic mass is 32.2. The average molecular weight is 555 g/mol. The lowest BCUT2D eigenvalue weighted by atomic mass is 10.1. The molecule has 0 N–H and O–H groups in total. The molecule has 0 amide bonds. The number of nitrogens with zero attached hydrogens (tertiary/aromatic N) is 2. The van der Waals surface area contributed by atoms with Gasteiger partial charge in [-0.2, -0.15) is 8.61 Å². The summed E-state index contributed by atoms with van der Waals surface area (Å²) in [7, 11) is -7.64. The normalized spacial score (nSPS) is 12.3. The Morgan fingerprint density at radius 2 is 1.16 bits per heavy atom. The summed E-state index contributed by atoms with van der Waals surface area (Å²) >= 11 is 1.51. The quantitative estimate of drug-likeness (QED) is 0.235. The molecule has 0 atom stereocenters. The highest BCUT2D eigenvalue weighted by Gasteiger charge is 2.27. The lowest BCUT2D eigenvalue weighted by Gasteiger charge is -2.23. The third-order valence-corrected chi connectivity index (χ3v) is 10.7. The van der Waals surface area contributed by atoms with E-state index in [1.807, 2.05) is 78.2 Å². The van der Waals surface area contributed by atoms with E-state index in [0.717, 1.165) is 16.0 Å². The van der Waals surface area contributed by atoms with Gasteiger partial charge in [0.05, 0.1) is 9.79 Å². The molecule has 0 spiro atoms. The van der Waals surface area contributed by atoms with Crippen LogP contribution in [0.5, 0.6) is 0 Å². The van der Waals surface area contributed by atoms with E-state index in [1.165, 1.54) is 44.2 Å². The summed E-state index contributed by atoms with van der Waals surface area (Å²) in [6.45, 7) is 2.90. The van der Waals surface area contributed by atoms with Crippen molar-refractivity contribution in [1.29, 1.82) is 0 Å². The maximum Gasteiger partial charge on any atom is 0.243 e. The van der Waals surface area contributed by atoms with E-state index >= 15 is 0 Å². The van der Waals surface area contributed by atoms with Gasteiger partial charge in [0, 0.05) is 31.1 Å². The standard InChI is InChI=1S/C28H30N2O4S3/c1-2-29(22-25-12-7-4-8-13-25)36(31,32)27-15-17-28(18-16-27)37(33,34)30(23-26-14-9-21-35-26)20-19-24-10-5-3-6-11-24/h3-18,21H,2,19-20,22-23H2,1H3. The van der Waals surface area contributed by atoms with Crippen LogP contribution in [0.1, 0.15) is 22.9 Å². The first-order chi connectivity index (χ1) is 17.8. The van der Waals surface area contributed by atoms with Gasteiger partial charge in [-0.3, -0.25) is 0 Å². The van der Waals surface area contributed by atoms with Crippen LogP contribution in [0.15, 0.2) is 112 Å². The molecule has 0 unspecified atom stereocenters. The summed E-state index contributed by atoms with van der Waals surface area (Å²) in [4.78, 5) is 1.08. The fraction of sp³-hybridized carbons (Fsp3) is 0.214. The van der Waals surface area contributed by atoms with Crippen molar-refractivity contribution in [2.45, 2.75) is 36.2 Å². The van der Waals surface area contributed by atoms with Crippen LogP contribution in [0.2, 0.25) is 0 Å². The van der Waals surface area contributed by atoms with Gasteiger partial charge in [-0.25, -0.2) is 16.8 Å². The van der Waals surface area contributed by atoms with Gasteiger partial charge in [-0.1, -0.05) is 73.7 Å². The Hall–Kier alpha value is -2.82. The Morgan fingerprint density at radius 1 is 0.622 bits per heavy atom. The topological polar surface area (TPSA) is 74.8 Å². The fourth-order valence-electron chi connectivity index (χ4n) is 3.99. The first-order valence-corrected chi connectivity index (χ1v) is 15.8. The molecule has 6 nitrogen and oxygen atoms in total. The van der Waals surface area contributed by atoms with E-state index in [0.29, 0.717) is 19.5 Å². The molecule has 0 saturated heterocycles. The van der Waals surface area contributed by atoms with Crippen molar-refractivity contribution in [2.24, 2.45) is 0 Å². The Bertz CT molecular complexity index is 1470. The molecule has 0 saturated carbocycles. The summed E-state index contributed by atoms with van der Waals surface area (Å²) < 4.78 is 56.7. The first-order valence-electron chi connectivity index (χ1n) is 12.0. The summed E-state index contributed by atoms with van der Waals surface area (Å²) in [6, 6.07) is 28.5. The largest absolute Gasteiger partial charge is 0.243 e.